The Labute approximate surface area is 111 Å². The maximum atomic E-state index is 11.7. The van der Waals surface area contributed by atoms with Crippen LogP contribution in [0.15, 0.2) is 18.2 Å². The topological polar surface area (TPSA) is 44.8 Å². The first-order chi connectivity index (χ1) is 8.69. The number of ether oxygens (including phenoxy) is 3. The van der Waals surface area contributed by atoms with Gasteiger partial charge < -0.3 is 0 Å². The van der Waals surface area contributed by atoms with Gasteiger partial charge >= 0.3 is 111 Å². The van der Waals surface area contributed by atoms with E-state index in [0.29, 0.717) is 18.1 Å². The van der Waals surface area contributed by atoms with Crippen LogP contribution in [-0.4, -0.2) is 41.3 Å². The van der Waals surface area contributed by atoms with E-state index in [-0.39, 0.29) is 20.5 Å². The Morgan fingerprint density at radius 1 is 1.17 bits per heavy atom. The summed E-state index contributed by atoms with van der Waals surface area (Å²) in [4.78, 5) is 11.7. The molecule has 2 rings (SSSR count). The molecule has 18 heavy (non-hydrogen) atoms. The van der Waals surface area contributed by atoms with Crippen LogP contribution in [0.2, 0.25) is 0 Å². The molecule has 0 N–H and O–H groups in total. The van der Waals surface area contributed by atoms with E-state index in [4.69, 9.17) is 14.2 Å². The summed E-state index contributed by atoms with van der Waals surface area (Å²) >= 11 is -0.0266. The van der Waals surface area contributed by atoms with Gasteiger partial charge in [-0.15, -0.1) is 0 Å². The van der Waals surface area contributed by atoms with Gasteiger partial charge in [0, 0.05) is 0 Å². The maximum absolute atomic E-state index is 11.7. The summed E-state index contributed by atoms with van der Waals surface area (Å²) in [6, 6.07) is 5.69. The number of esters is 1. The molecule has 0 saturated carbocycles. The van der Waals surface area contributed by atoms with Gasteiger partial charge in [-0.3, -0.25) is 0 Å². The zero-order valence-corrected chi connectivity index (χ0v) is 12.2. The number of rotatable bonds is 4. The fourth-order valence-corrected chi connectivity index (χ4v) is 3.70. The molecular weight excluding hydrogens is 299 g/mol. The Hall–Kier alpha value is -1.45. The van der Waals surface area contributed by atoms with Crippen LogP contribution in [0.5, 0.6) is 11.5 Å². The number of benzene rings is 1. The molecule has 96 valence electrons. The predicted molar refractivity (Wildman–Crippen MR) is 69.9 cm³/mol. The van der Waals surface area contributed by atoms with Crippen LogP contribution in [0.25, 0.3) is 9.65 Å². The Bertz CT molecular complexity index is 533. The van der Waals surface area contributed by atoms with Gasteiger partial charge in [0.05, 0.1) is 0 Å². The molecule has 0 radical (unpaired) electrons. The number of hydrogen-bond donors (Lipinski definition) is 0. The molecule has 0 fully saturated rings. The summed E-state index contributed by atoms with van der Waals surface area (Å²) < 4.78 is 17.4. The van der Waals surface area contributed by atoms with Crippen LogP contribution >= 0.6 is 0 Å². The van der Waals surface area contributed by atoms with Crippen LogP contribution in [0.3, 0.4) is 0 Å². The molecular formula is C13H14O4Se. The van der Waals surface area contributed by atoms with E-state index in [1.54, 1.807) is 21.1 Å². The number of fused-ring (bicyclic) bond motifs is 1. The average molecular weight is 313 g/mol. The van der Waals surface area contributed by atoms with Crippen LogP contribution in [0, 0.1) is 0 Å². The van der Waals surface area contributed by atoms with Crippen molar-refractivity contribution in [2.45, 2.75) is 6.92 Å². The monoisotopic (exact) mass is 314 g/mol. The number of carbonyl (C=O) groups is 1. The van der Waals surface area contributed by atoms with Crippen molar-refractivity contribution >= 4 is 30.1 Å². The SMILES string of the molecule is CCOC(=O)c1cc2cc(OC)c(OC)cc2[se]1. The van der Waals surface area contributed by atoms with Gasteiger partial charge in [-0.25, -0.2) is 0 Å². The van der Waals surface area contributed by atoms with E-state index in [1.165, 1.54) is 0 Å². The number of carbonyl (C=O) groups excluding carboxylic acids is 1. The Kier molecular flexibility index (Phi) is 3.94. The fraction of sp³-hybridized carbons (Fsp3) is 0.308. The molecule has 0 aliphatic rings. The minimum atomic E-state index is -0.230. The first-order valence-corrected chi connectivity index (χ1v) is 7.23. The molecule has 0 amide bonds. The summed E-state index contributed by atoms with van der Waals surface area (Å²) in [5.74, 6) is 1.14. The van der Waals surface area contributed by atoms with E-state index in [9.17, 15) is 4.79 Å². The summed E-state index contributed by atoms with van der Waals surface area (Å²) in [6.45, 7) is 2.20. The zero-order chi connectivity index (χ0) is 13.1. The summed E-state index contributed by atoms with van der Waals surface area (Å²) in [6.07, 6.45) is 0. The van der Waals surface area contributed by atoms with Gasteiger partial charge in [0.1, 0.15) is 0 Å². The van der Waals surface area contributed by atoms with Crippen molar-refractivity contribution in [2.75, 3.05) is 20.8 Å². The summed E-state index contributed by atoms with van der Waals surface area (Å²) in [7, 11) is 3.20. The van der Waals surface area contributed by atoms with Crippen molar-refractivity contribution in [2.24, 2.45) is 0 Å². The van der Waals surface area contributed by atoms with Crippen LogP contribution in [-0.2, 0) is 4.74 Å². The van der Waals surface area contributed by atoms with E-state index in [1.807, 2.05) is 18.2 Å². The van der Waals surface area contributed by atoms with Crippen molar-refractivity contribution in [3.8, 4) is 11.5 Å². The van der Waals surface area contributed by atoms with E-state index < -0.39 is 0 Å². The van der Waals surface area contributed by atoms with Crippen LogP contribution < -0.4 is 9.47 Å². The second-order valence-electron chi connectivity index (χ2n) is 3.58. The number of methoxy groups -OCH3 is 2. The normalized spacial score (nSPS) is 10.4. The van der Waals surface area contributed by atoms with Gasteiger partial charge in [-0.05, 0) is 0 Å². The molecule has 1 heterocycles. The van der Waals surface area contributed by atoms with Gasteiger partial charge in [-0.1, -0.05) is 0 Å². The molecule has 0 aliphatic heterocycles. The molecule has 4 nitrogen and oxygen atoms in total. The quantitative estimate of drug-likeness (QED) is 0.640. The second-order valence-corrected chi connectivity index (χ2v) is 5.85. The van der Waals surface area contributed by atoms with Crippen LogP contribution in [0.4, 0.5) is 0 Å². The fourth-order valence-electron chi connectivity index (χ4n) is 1.67. The van der Waals surface area contributed by atoms with Gasteiger partial charge in [0.25, 0.3) is 0 Å². The van der Waals surface area contributed by atoms with E-state index in [0.717, 1.165) is 14.1 Å². The molecule has 0 saturated heterocycles. The average Bonchev–Trinajstić information content (AvgIpc) is 2.80. The zero-order valence-electron chi connectivity index (χ0n) is 10.5. The molecule has 0 unspecified atom stereocenters. The molecule has 0 atom stereocenters. The minimum absolute atomic E-state index is 0.0266. The first kappa shape index (κ1) is 13.0. The molecule has 2 aromatic rings. The number of hydrogen-bond acceptors (Lipinski definition) is 4. The van der Waals surface area contributed by atoms with Crippen LogP contribution in [0.1, 0.15) is 16.2 Å². The standard InChI is InChI=1S/C13H14O4Se/c1-4-17-13(14)12-6-8-5-9(15-2)10(16-3)7-11(8)18-12/h5-7H,4H2,1-3H3. The van der Waals surface area contributed by atoms with Crippen molar-refractivity contribution in [1.82, 2.24) is 0 Å². The van der Waals surface area contributed by atoms with E-state index in [2.05, 4.69) is 0 Å². The summed E-state index contributed by atoms with van der Waals surface area (Å²) in [5.41, 5.74) is 0. The van der Waals surface area contributed by atoms with Gasteiger partial charge in [0.15, 0.2) is 0 Å². The van der Waals surface area contributed by atoms with Crippen molar-refractivity contribution in [1.29, 1.82) is 0 Å². The molecule has 0 bridgehead atoms. The molecule has 1 aromatic carbocycles. The van der Waals surface area contributed by atoms with Crippen molar-refractivity contribution in [3.63, 3.8) is 0 Å². The third-order valence-electron chi connectivity index (χ3n) is 2.50. The Morgan fingerprint density at radius 3 is 2.44 bits per heavy atom. The van der Waals surface area contributed by atoms with Gasteiger partial charge in [-0.2, -0.15) is 0 Å². The third-order valence-corrected chi connectivity index (χ3v) is 4.76. The second kappa shape index (κ2) is 5.46. The third kappa shape index (κ3) is 2.37. The molecule has 0 spiro atoms. The Morgan fingerprint density at radius 2 is 1.83 bits per heavy atom. The molecule has 5 heteroatoms. The van der Waals surface area contributed by atoms with Crippen molar-refractivity contribution < 1.29 is 19.0 Å². The predicted octanol–water partition coefficient (Wildman–Crippen LogP) is 2.09. The van der Waals surface area contributed by atoms with Crippen molar-refractivity contribution in [3.05, 3.63) is 22.6 Å². The van der Waals surface area contributed by atoms with Gasteiger partial charge in [0.2, 0.25) is 0 Å². The molecule has 1 aromatic heterocycles. The van der Waals surface area contributed by atoms with E-state index >= 15 is 0 Å². The first-order valence-electron chi connectivity index (χ1n) is 5.52. The Balaban J connectivity index is 2.47. The summed E-state index contributed by atoms with van der Waals surface area (Å²) in [5, 5.41) is 1.01. The molecule has 0 aliphatic carbocycles.